The standard InChI is InChI=1S/C16H26N2O4S/c1-17(2)23(20,21)13-14-11-18(12-16(14)19)9-6-10-22-15-7-4-3-5-8-15/h3-5,7-8,14,16,19H,6,9-13H2,1-2H3. The molecule has 1 fully saturated rings. The molecule has 1 aliphatic rings. The van der Waals surface area contributed by atoms with E-state index in [0.717, 1.165) is 18.7 Å². The first kappa shape index (κ1) is 18.2. The van der Waals surface area contributed by atoms with Gasteiger partial charge < -0.3 is 14.7 Å². The molecular formula is C16H26N2O4S. The topological polar surface area (TPSA) is 70.1 Å². The van der Waals surface area contributed by atoms with Crippen LogP contribution >= 0.6 is 0 Å². The zero-order valence-corrected chi connectivity index (χ0v) is 14.6. The Hall–Kier alpha value is -1.15. The highest BCUT2D eigenvalue weighted by molar-refractivity contribution is 7.89. The van der Waals surface area contributed by atoms with Crippen LogP contribution in [-0.4, -0.2) is 74.9 Å². The van der Waals surface area contributed by atoms with Crippen molar-refractivity contribution >= 4 is 10.0 Å². The van der Waals surface area contributed by atoms with Gasteiger partial charge in [0.25, 0.3) is 0 Å². The Morgan fingerprint density at radius 2 is 1.96 bits per heavy atom. The molecule has 1 aromatic rings. The van der Waals surface area contributed by atoms with Crippen molar-refractivity contribution in [1.29, 1.82) is 0 Å². The molecule has 130 valence electrons. The van der Waals surface area contributed by atoms with Crippen LogP contribution in [0.25, 0.3) is 0 Å². The van der Waals surface area contributed by atoms with E-state index in [2.05, 4.69) is 4.90 Å². The number of sulfonamides is 1. The lowest BCUT2D eigenvalue weighted by Crippen LogP contribution is -2.33. The van der Waals surface area contributed by atoms with Gasteiger partial charge in [0.05, 0.1) is 18.5 Å². The van der Waals surface area contributed by atoms with Gasteiger partial charge in [-0.25, -0.2) is 12.7 Å². The molecular weight excluding hydrogens is 316 g/mol. The molecule has 7 heteroatoms. The molecule has 1 heterocycles. The number of hydrogen-bond acceptors (Lipinski definition) is 5. The second kappa shape index (κ2) is 8.10. The third-order valence-electron chi connectivity index (χ3n) is 4.09. The fourth-order valence-electron chi connectivity index (χ4n) is 2.70. The normalized spacial score (nSPS) is 22.6. The lowest BCUT2D eigenvalue weighted by molar-refractivity contribution is 0.147. The third kappa shape index (κ3) is 5.46. The second-order valence-electron chi connectivity index (χ2n) is 6.16. The number of aliphatic hydroxyl groups excluding tert-OH is 1. The van der Waals surface area contributed by atoms with Gasteiger partial charge in [-0.1, -0.05) is 18.2 Å². The maximum absolute atomic E-state index is 11.9. The van der Waals surface area contributed by atoms with Gasteiger partial charge in [0.15, 0.2) is 0 Å². The SMILES string of the molecule is CN(C)S(=O)(=O)CC1CN(CCCOc2ccccc2)CC1O. The number of β-amino-alcohol motifs (C(OH)–C–C–N with tert-alkyl or cyclic N) is 1. The number of aliphatic hydroxyl groups is 1. The van der Waals surface area contributed by atoms with Crippen LogP contribution in [0, 0.1) is 5.92 Å². The van der Waals surface area contributed by atoms with E-state index in [9.17, 15) is 13.5 Å². The zero-order valence-electron chi connectivity index (χ0n) is 13.8. The molecule has 0 aromatic heterocycles. The first-order chi connectivity index (χ1) is 10.9. The van der Waals surface area contributed by atoms with Crippen molar-refractivity contribution in [3.05, 3.63) is 30.3 Å². The summed E-state index contributed by atoms with van der Waals surface area (Å²) < 4.78 is 30.7. The maximum Gasteiger partial charge on any atom is 0.214 e. The van der Waals surface area contributed by atoms with E-state index in [1.54, 1.807) is 0 Å². The molecule has 23 heavy (non-hydrogen) atoms. The monoisotopic (exact) mass is 342 g/mol. The number of likely N-dealkylation sites (tertiary alicyclic amines) is 1. The summed E-state index contributed by atoms with van der Waals surface area (Å²) in [6.45, 7) is 2.54. The molecule has 1 saturated heterocycles. The minimum atomic E-state index is -3.28. The predicted octanol–water partition coefficient (Wildman–Crippen LogP) is 0.640. The highest BCUT2D eigenvalue weighted by Crippen LogP contribution is 2.20. The van der Waals surface area contributed by atoms with Crippen LogP contribution in [0.2, 0.25) is 0 Å². The number of para-hydroxylation sites is 1. The Labute approximate surface area is 138 Å². The highest BCUT2D eigenvalue weighted by Gasteiger charge is 2.34. The van der Waals surface area contributed by atoms with E-state index in [1.165, 1.54) is 18.4 Å². The van der Waals surface area contributed by atoms with E-state index in [1.807, 2.05) is 30.3 Å². The first-order valence-corrected chi connectivity index (χ1v) is 9.48. The number of ether oxygens (including phenoxy) is 1. The summed E-state index contributed by atoms with van der Waals surface area (Å²) in [4.78, 5) is 2.11. The van der Waals surface area contributed by atoms with Crippen molar-refractivity contribution in [3.63, 3.8) is 0 Å². The van der Waals surface area contributed by atoms with Gasteiger partial charge in [0.1, 0.15) is 5.75 Å². The maximum atomic E-state index is 11.9. The van der Waals surface area contributed by atoms with Crippen molar-refractivity contribution in [2.75, 3.05) is 46.1 Å². The summed E-state index contributed by atoms with van der Waals surface area (Å²) in [5, 5.41) is 10.1. The minimum Gasteiger partial charge on any atom is -0.494 e. The molecule has 6 nitrogen and oxygen atoms in total. The number of nitrogens with zero attached hydrogens (tertiary/aromatic N) is 2. The van der Waals surface area contributed by atoms with Crippen LogP contribution in [0.3, 0.4) is 0 Å². The van der Waals surface area contributed by atoms with Gasteiger partial charge >= 0.3 is 0 Å². The highest BCUT2D eigenvalue weighted by atomic mass is 32.2. The Morgan fingerprint density at radius 3 is 2.61 bits per heavy atom. The fraction of sp³-hybridized carbons (Fsp3) is 0.625. The van der Waals surface area contributed by atoms with Crippen molar-refractivity contribution < 1.29 is 18.3 Å². The minimum absolute atomic E-state index is 0.00180. The average molecular weight is 342 g/mol. The molecule has 2 atom stereocenters. The largest absolute Gasteiger partial charge is 0.494 e. The lowest BCUT2D eigenvalue weighted by Gasteiger charge is -2.18. The summed E-state index contributed by atoms with van der Waals surface area (Å²) in [6.07, 6.45) is 0.258. The molecule has 0 spiro atoms. The van der Waals surface area contributed by atoms with E-state index >= 15 is 0 Å². The lowest BCUT2D eigenvalue weighted by atomic mass is 10.1. The van der Waals surface area contributed by atoms with E-state index in [-0.39, 0.29) is 11.7 Å². The summed E-state index contributed by atoms with van der Waals surface area (Å²) in [5.74, 6) is 0.624. The van der Waals surface area contributed by atoms with Crippen molar-refractivity contribution in [3.8, 4) is 5.75 Å². The van der Waals surface area contributed by atoms with Gasteiger partial charge in [-0.2, -0.15) is 0 Å². The predicted molar refractivity (Wildman–Crippen MR) is 90.0 cm³/mol. The Kier molecular flexibility index (Phi) is 6.41. The number of hydrogen-bond donors (Lipinski definition) is 1. The first-order valence-electron chi connectivity index (χ1n) is 7.87. The van der Waals surface area contributed by atoms with Gasteiger partial charge in [0.2, 0.25) is 10.0 Å². The molecule has 0 radical (unpaired) electrons. The molecule has 2 rings (SSSR count). The van der Waals surface area contributed by atoms with Crippen molar-refractivity contribution in [2.24, 2.45) is 5.92 Å². The Bertz CT molecular complexity index is 577. The van der Waals surface area contributed by atoms with E-state index in [0.29, 0.717) is 19.7 Å². The second-order valence-corrected chi connectivity index (χ2v) is 8.39. The van der Waals surface area contributed by atoms with Crippen LogP contribution < -0.4 is 4.74 Å². The van der Waals surface area contributed by atoms with Crippen LogP contribution in [0.15, 0.2) is 30.3 Å². The van der Waals surface area contributed by atoms with Gasteiger partial charge in [-0.15, -0.1) is 0 Å². The molecule has 1 aromatic carbocycles. The van der Waals surface area contributed by atoms with Gasteiger partial charge in [0, 0.05) is 39.6 Å². The molecule has 0 amide bonds. The smallest absolute Gasteiger partial charge is 0.214 e. The van der Waals surface area contributed by atoms with E-state index < -0.39 is 16.1 Å². The molecule has 1 N–H and O–H groups in total. The van der Waals surface area contributed by atoms with Crippen molar-refractivity contribution in [2.45, 2.75) is 12.5 Å². The number of rotatable bonds is 8. The van der Waals surface area contributed by atoms with Crippen LogP contribution in [-0.2, 0) is 10.0 Å². The summed E-state index contributed by atoms with van der Waals surface area (Å²) in [6, 6.07) is 9.65. The molecule has 2 unspecified atom stereocenters. The summed E-state index contributed by atoms with van der Waals surface area (Å²) >= 11 is 0. The number of benzene rings is 1. The van der Waals surface area contributed by atoms with Crippen LogP contribution in [0.5, 0.6) is 5.75 Å². The van der Waals surface area contributed by atoms with Crippen LogP contribution in [0.4, 0.5) is 0 Å². The Balaban J connectivity index is 1.72. The summed E-state index contributed by atoms with van der Waals surface area (Å²) in [5.41, 5.74) is 0. The molecule has 0 saturated carbocycles. The quantitative estimate of drug-likeness (QED) is 0.702. The van der Waals surface area contributed by atoms with Crippen LogP contribution in [0.1, 0.15) is 6.42 Å². The van der Waals surface area contributed by atoms with Gasteiger partial charge in [-0.05, 0) is 18.6 Å². The van der Waals surface area contributed by atoms with E-state index in [4.69, 9.17) is 4.74 Å². The zero-order chi connectivity index (χ0) is 16.9. The molecule has 1 aliphatic heterocycles. The van der Waals surface area contributed by atoms with Gasteiger partial charge in [-0.3, -0.25) is 0 Å². The Morgan fingerprint density at radius 1 is 1.26 bits per heavy atom. The third-order valence-corrected chi connectivity index (χ3v) is 6.06. The fourth-order valence-corrected chi connectivity index (χ4v) is 3.87. The molecule has 0 aliphatic carbocycles. The van der Waals surface area contributed by atoms with Crippen molar-refractivity contribution in [1.82, 2.24) is 9.21 Å². The average Bonchev–Trinajstić information content (AvgIpc) is 2.84. The molecule has 0 bridgehead atoms. The summed E-state index contributed by atoms with van der Waals surface area (Å²) in [7, 11) is -0.231.